The molecule has 1 aromatic carbocycles. The average molecular weight is 313 g/mol. The number of ether oxygens (including phenoxy) is 3. The number of carbonyl (C=O) groups excluding carboxylic acids is 1. The Hall–Kier alpha value is -2.05. The van der Waals surface area contributed by atoms with Gasteiger partial charge in [0.2, 0.25) is 0 Å². The Morgan fingerprint density at radius 2 is 1.86 bits per heavy atom. The molecular formula is C15H17F2NO4. The molecule has 1 aliphatic heterocycles. The molecular weight excluding hydrogens is 296 g/mol. The summed E-state index contributed by atoms with van der Waals surface area (Å²) in [4.78, 5) is 11.9. The number of hydrogen-bond donors (Lipinski definition) is 1. The maximum atomic E-state index is 13.0. The second kappa shape index (κ2) is 4.47. The quantitative estimate of drug-likeness (QED) is 0.907. The molecule has 5 nitrogen and oxygen atoms in total. The van der Waals surface area contributed by atoms with Crippen molar-refractivity contribution in [1.29, 1.82) is 0 Å². The van der Waals surface area contributed by atoms with Crippen LogP contribution in [0.25, 0.3) is 0 Å². The van der Waals surface area contributed by atoms with E-state index in [0.717, 1.165) is 0 Å². The summed E-state index contributed by atoms with van der Waals surface area (Å²) < 4.78 is 40.1. The lowest BCUT2D eigenvalue weighted by atomic mass is 10.0. The van der Waals surface area contributed by atoms with Crippen LogP contribution in [0.2, 0.25) is 0 Å². The van der Waals surface area contributed by atoms with Gasteiger partial charge in [-0.2, -0.15) is 0 Å². The number of halogens is 2. The third-order valence-corrected chi connectivity index (χ3v) is 3.44. The van der Waals surface area contributed by atoms with Gasteiger partial charge in [0, 0.05) is 0 Å². The highest BCUT2D eigenvalue weighted by molar-refractivity contribution is 5.70. The number of carbonyl (C=O) groups is 1. The van der Waals surface area contributed by atoms with Gasteiger partial charge in [-0.25, -0.2) is 4.79 Å². The number of benzene rings is 1. The van der Waals surface area contributed by atoms with Crippen LogP contribution >= 0.6 is 0 Å². The van der Waals surface area contributed by atoms with Crippen molar-refractivity contribution in [2.45, 2.75) is 51.0 Å². The molecule has 2 aliphatic rings. The van der Waals surface area contributed by atoms with Gasteiger partial charge in [0.05, 0.1) is 5.54 Å². The van der Waals surface area contributed by atoms with Gasteiger partial charge in [-0.15, -0.1) is 8.78 Å². The minimum Gasteiger partial charge on any atom is -0.444 e. The van der Waals surface area contributed by atoms with E-state index in [9.17, 15) is 13.6 Å². The van der Waals surface area contributed by atoms with E-state index in [4.69, 9.17) is 4.74 Å². The van der Waals surface area contributed by atoms with E-state index >= 15 is 0 Å². The number of hydrogen-bond acceptors (Lipinski definition) is 4. The van der Waals surface area contributed by atoms with E-state index in [-0.39, 0.29) is 11.5 Å². The van der Waals surface area contributed by atoms with E-state index < -0.39 is 23.5 Å². The highest BCUT2D eigenvalue weighted by Gasteiger charge is 2.49. The van der Waals surface area contributed by atoms with Crippen LogP contribution in [0.1, 0.15) is 39.2 Å². The molecule has 1 saturated carbocycles. The third kappa shape index (κ3) is 2.93. The Morgan fingerprint density at radius 1 is 1.23 bits per heavy atom. The first-order valence-electron chi connectivity index (χ1n) is 7.00. The van der Waals surface area contributed by atoms with Gasteiger partial charge in [-0.3, -0.25) is 0 Å². The lowest BCUT2D eigenvalue weighted by Gasteiger charge is -2.23. The van der Waals surface area contributed by atoms with Gasteiger partial charge in [0.25, 0.3) is 0 Å². The Morgan fingerprint density at radius 3 is 2.45 bits per heavy atom. The molecule has 0 atom stereocenters. The van der Waals surface area contributed by atoms with Gasteiger partial charge in [-0.05, 0) is 51.3 Å². The SMILES string of the molecule is CC(C)(C)OC(=O)NC1(c2ccc3c(c2)OC(F)(F)O3)CC1. The van der Waals surface area contributed by atoms with E-state index in [1.165, 1.54) is 12.1 Å². The first-order valence-corrected chi connectivity index (χ1v) is 7.00. The van der Waals surface area contributed by atoms with Gasteiger partial charge in [0.15, 0.2) is 11.5 Å². The van der Waals surface area contributed by atoms with Crippen LogP contribution < -0.4 is 14.8 Å². The predicted molar refractivity (Wildman–Crippen MR) is 72.9 cm³/mol. The van der Waals surface area contributed by atoms with Crippen LogP contribution in [0.15, 0.2) is 18.2 Å². The predicted octanol–water partition coefficient (Wildman–Crippen LogP) is 3.52. The molecule has 1 aromatic rings. The highest BCUT2D eigenvalue weighted by atomic mass is 19.3. The molecule has 0 radical (unpaired) electrons. The monoisotopic (exact) mass is 313 g/mol. The smallest absolute Gasteiger partial charge is 0.444 e. The number of rotatable bonds is 2. The summed E-state index contributed by atoms with van der Waals surface area (Å²) in [5.41, 5.74) is -0.492. The average Bonchev–Trinajstić information content (AvgIpc) is 3.01. The molecule has 1 amide bonds. The van der Waals surface area contributed by atoms with E-state index in [1.807, 2.05) is 0 Å². The van der Waals surface area contributed by atoms with Gasteiger partial charge in [-0.1, -0.05) is 6.07 Å². The summed E-state index contributed by atoms with van der Waals surface area (Å²) in [6.45, 7) is 5.32. The van der Waals surface area contributed by atoms with E-state index in [2.05, 4.69) is 14.8 Å². The third-order valence-electron chi connectivity index (χ3n) is 3.44. The lowest BCUT2D eigenvalue weighted by Crippen LogP contribution is -2.39. The van der Waals surface area contributed by atoms with Crippen LogP contribution in [0.3, 0.4) is 0 Å². The Balaban J connectivity index is 1.76. The van der Waals surface area contributed by atoms with Crippen molar-refractivity contribution >= 4 is 6.09 Å². The lowest BCUT2D eigenvalue weighted by molar-refractivity contribution is -0.286. The molecule has 7 heteroatoms. The Bertz CT molecular complexity index is 620. The second-order valence-electron chi connectivity index (χ2n) is 6.54. The second-order valence-corrected chi connectivity index (χ2v) is 6.54. The van der Waals surface area contributed by atoms with Crippen molar-refractivity contribution in [1.82, 2.24) is 5.32 Å². The van der Waals surface area contributed by atoms with Crippen LogP contribution in [0.4, 0.5) is 13.6 Å². The fourth-order valence-corrected chi connectivity index (χ4v) is 2.36. The van der Waals surface area contributed by atoms with Gasteiger partial charge in [0.1, 0.15) is 5.60 Å². The molecule has 120 valence electrons. The zero-order valence-electron chi connectivity index (χ0n) is 12.5. The van der Waals surface area contributed by atoms with Crippen LogP contribution in [-0.2, 0) is 10.3 Å². The molecule has 0 spiro atoms. The number of amides is 1. The molecule has 1 heterocycles. The summed E-state index contributed by atoms with van der Waals surface area (Å²) in [6, 6.07) is 4.54. The van der Waals surface area contributed by atoms with Crippen LogP contribution in [-0.4, -0.2) is 18.0 Å². The van der Waals surface area contributed by atoms with Crippen molar-refractivity contribution < 1.29 is 27.8 Å². The first kappa shape index (κ1) is 14.9. The fourth-order valence-electron chi connectivity index (χ4n) is 2.36. The normalized spacial score (nSPS) is 20.4. The molecule has 0 aromatic heterocycles. The van der Waals surface area contributed by atoms with Crippen molar-refractivity contribution in [3.8, 4) is 11.5 Å². The molecule has 3 rings (SSSR count). The zero-order valence-corrected chi connectivity index (χ0v) is 12.5. The molecule has 0 saturated heterocycles. The Kier molecular flexibility index (Phi) is 3.02. The number of alkyl halides is 2. The summed E-state index contributed by atoms with van der Waals surface area (Å²) in [5, 5.41) is 2.81. The van der Waals surface area contributed by atoms with Crippen molar-refractivity contribution in [2.24, 2.45) is 0 Å². The first-order chi connectivity index (χ1) is 10.1. The zero-order chi connectivity index (χ0) is 16.2. The van der Waals surface area contributed by atoms with Gasteiger partial charge < -0.3 is 19.5 Å². The molecule has 1 N–H and O–H groups in total. The fraction of sp³-hybridized carbons (Fsp3) is 0.533. The molecule has 1 aliphatic carbocycles. The number of fused-ring (bicyclic) bond motifs is 1. The Labute approximate surface area is 126 Å². The number of nitrogens with one attached hydrogen (secondary N) is 1. The van der Waals surface area contributed by atoms with Crippen molar-refractivity contribution in [2.75, 3.05) is 0 Å². The van der Waals surface area contributed by atoms with Crippen LogP contribution in [0.5, 0.6) is 11.5 Å². The van der Waals surface area contributed by atoms with Crippen molar-refractivity contribution in [3.05, 3.63) is 23.8 Å². The largest absolute Gasteiger partial charge is 0.586 e. The minimum absolute atomic E-state index is 0.0122. The molecule has 22 heavy (non-hydrogen) atoms. The summed E-state index contributed by atoms with van der Waals surface area (Å²) in [5.74, 6) is -0.0402. The van der Waals surface area contributed by atoms with Crippen LogP contribution in [0, 0.1) is 0 Å². The summed E-state index contributed by atoms with van der Waals surface area (Å²) >= 11 is 0. The maximum absolute atomic E-state index is 13.0. The van der Waals surface area contributed by atoms with E-state index in [1.54, 1.807) is 26.8 Å². The topological polar surface area (TPSA) is 56.8 Å². The maximum Gasteiger partial charge on any atom is 0.586 e. The summed E-state index contributed by atoms with van der Waals surface area (Å²) in [7, 11) is 0. The van der Waals surface area contributed by atoms with E-state index in [0.29, 0.717) is 18.4 Å². The molecule has 1 fully saturated rings. The standard InChI is InChI=1S/C15H17F2NO4/c1-13(2,3)22-12(19)18-14(6-7-14)9-4-5-10-11(8-9)21-15(16,17)20-10/h4-5,8H,6-7H2,1-3H3,(H,18,19). The molecule has 0 bridgehead atoms. The van der Waals surface area contributed by atoms with Crippen molar-refractivity contribution in [3.63, 3.8) is 0 Å². The summed E-state index contributed by atoms with van der Waals surface area (Å²) in [6.07, 6.45) is -2.76. The minimum atomic E-state index is -3.64. The van der Waals surface area contributed by atoms with Gasteiger partial charge >= 0.3 is 12.4 Å². The number of alkyl carbamates (subject to hydrolysis) is 1. The molecule has 0 unspecified atom stereocenters. The highest BCUT2D eigenvalue weighted by Crippen LogP contribution is 2.49.